The van der Waals surface area contributed by atoms with Gasteiger partial charge in [0.05, 0.1) is 0 Å². The first-order chi connectivity index (χ1) is 6.24. The molecular weight excluding hydrogens is 178 g/mol. The Morgan fingerprint density at radius 3 is 2.62 bits per heavy atom. The van der Waals surface area contributed by atoms with E-state index in [1.807, 2.05) is 6.92 Å². The molecule has 72 valence electrons. The van der Waals surface area contributed by atoms with Crippen LogP contribution < -0.4 is 4.74 Å². The minimum absolute atomic E-state index is 0.0432. The Balaban J connectivity index is 2.53. The highest BCUT2D eigenvalue weighted by molar-refractivity contribution is 5.23. The lowest BCUT2D eigenvalue weighted by atomic mass is 10.3. The summed E-state index contributed by atoms with van der Waals surface area (Å²) in [6.45, 7) is 2.37. The van der Waals surface area contributed by atoms with Gasteiger partial charge in [0.25, 0.3) is 0 Å². The van der Waals surface area contributed by atoms with Gasteiger partial charge in [0, 0.05) is 12.7 Å². The molecule has 0 unspecified atom stereocenters. The van der Waals surface area contributed by atoms with E-state index in [-0.39, 0.29) is 12.5 Å². The van der Waals surface area contributed by atoms with Crippen molar-refractivity contribution in [1.29, 1.82) is 0 Å². The predicted molar refractivity (Wildman–Crippen MR) is 43.5 cm³/mol. The van der Waals surface area contributed by atoms with Crippen LogP contribution in [0, 0.1) is 11.6 Å². The summed E-state index contributed by atoms with van der Waals surface area (Å²) < 4.78 is 34.8. The van der Waals surface area contributed by atoms with Crippen LogP contribution in [0.15, 0.2) is 18.2 Å². The molecule has 0 N–H and O–H groups in total. The Bertz CT molecular complexity index is 276. The summed E-state index contributed by atoms with van der Waals surface area (Å²) in [7, 11) is 0. The summed E-state index contributed by atoms with van der Waals surface area (Å²) in [5.41, 5.74) is 0. The van der Waals surface area contributed by atoms with Crippen molar-refractivity contribution in [2.24, 2.45) is 0 Å². The molecule has 0 aromatic heterocycles. The molecule has 0 heterocycles. The van der Waals surface area contributed by atoms with Gasteiger partial charge in [-0.25, -0.2) is 8.78 Å². The molecule has 0 amide bonds. The van der Waals surface area contributed by atoms with Gasteiger partial charge in [0.2, 0.25) is 0 Å². The maximum absolute atomic E-state index is 12.6. The van der Waals surface area contributed by atoms with E-state index >= 15 is 0 Å². The number of hydrogen-bond donors (Lipinski definition) is 0. The van der Waals surface area contributed by atoms with Crippen LogP contribution >= 0.6 is 0 Å². The van der Waals surface area contributed by atoms with Crippen LogP contribution in [0.5, 0.6) is 5.75 Å². The molecule has 0 aliphatic heterocycles. The van der Waals surface area contributed by atoms with Crippen molar-refractivity contribution in [2.45, 2.75) is 6.92 Å². The summed E-state index contributed by atoms with van der Waals surface area (Å²) in [6.07, 6.45) is 0. The second-order valence-electron chi connectivity index (χ2n) is 2.33. The van der Waals surface area contributed by atoms with Crippen LogP contribution in [0.3, 0.4) is 0 Å². The highest BCUT2D eigenvalue weighted by Crippen LogP contribution is 2.15. The van der Waals surface area contributed by atoms with Gasteiger partial charge < -0.3 is 9.47 Å². The van der Waals surface area contributed by atoms with Crippen LogP contribution in [0.4, 0.5) is 8.78 Å². The Kier molecular flexibility index (Phi) is 3.64. The maximum atomic E-state index is 12.6. The highest BCUT2D eigenvalue weighted by Gasteiger charge is 2.02. The molecule has 0 saturated carbocycles. The molecule has 0 radical (unpaired) electrons. The van der Waals surface area contributed by atoms with Gasteiger partial charge in [-0.3, -0.25) is 0 Å². The molecule has 0 aliphatic rings. The fraction of sp³-hybridized carbons (Fsp3) is 0.333. The summed E-state index contributed by atoms with van der Waals surface area (Å²) in [5, 5.41) is 0. The molecule has 1 aromatic rings. The van der Waals surface area contributed by atoms with Gasteiger partial charge in [0.1, 0.15) is 5.75 Å². The normalized spacial score (nSPS) is 10.1. The van der Waals surface area contributed by atoms with Crippen molar-refractivity contribution in [3.05, 3.63) is 29.8 Å². The number of benzene rings is 1. The van der Waals surface area contributed by atoms with Gasteiger partial charge in [-0.05, 0) is 19.1 Å². The average Bonchev–Trinajstić information content (AvgIpc) is 2.12. The summed E-state index contributed by atoms with van der Waals surface area (Å²) >= 11 is 0. The van der Waals surface area contributed by atoms with Gasteiger partial charge in [-0.15, -0.1) is 0 Å². The largest absolute Gasteiger partial charge is 0.467 e. The van der Waals surface area contributed by atoms with Gasteiger partial charge in [-0.1, -0.05) is 0 Å². The second kappa shape index (κ2) is 4.77. The summed E-state index contributed by atoms with van der Waals surface area (Å²) in [4.78, 5) is 0. The van der Waals surface area contributed by atoms with E-state index in [1.54, 1.807) is 0 Å². The summed E-state index contributed by atoms with van der Waals surface area (Å²) in [6, 6.07) is 3.34. The van der Waals surface area contributed by atoms with Crippen LogP contribution in [0.1, 0.15) is 6.92 Å². The van der Waals surface area contributed by atoms with E-state index in [4.69, 9.17) is 9.47 Å². The molecule has 1 aromatic carbocycles. The van der Waals surface area contributed by atoms with Crippen molar-refractivity contribution in [2.75, 3.05) is 13.4 Å². The third-order valence-corrected chi connectivity index (χ3v) is 1.40. The predicted octanol–water partition coefficient (Wildman–Crippen LogP) is 2.34. The lowest BCUT2D eigenvalue weighted by Gasteiger charge is -2.05. The molecule has 0 saturated heterocycles. The first kappa shape index (κ1) is 9.92. The van der Waals surface area contributed by atoms with E-state index in [0.717, 1.165) is 12.1 Å². The molecule has 1 rings (SSSR count). The lowest BCUT2D eigenvalue weighted by molar-refractivity contribution is 0.0222. The lowest BCUT2D eigenvalue weighted by Crippen LogP contribution is -2.02. The fourth-order valence-corrected chi connectivity index (χ4v) is 0.760. The summed E-state index contributed by atoms with van der Waals surface area (Å²) in [5.74, 6) is -1.55. The molecule has 4 heteroatoms. The second-order valence-corrected chi connectivity index (χ2v) is 2.33. The van der Waals surface area contributed by atoms with Crippen LogP contribution in [-0.4, -0.2) is 13.4 Å². The minimum Gasteiger partial charge on any atom is -0.467 e. The first-order valence-electron chi connectivity index (χ1n) is 3.89. The maximum Gasteiger partial charge on any atom is 0.189 e. The number of hydrogen-bond acceptors (Lipinski definition) is 2. The molecule has 0 aliphatic carbocycles. The quantitative estimate of drug-likeness (QED) is 0.533. The monoisotopic (exact) mass is 188 g/mol. The number of ether oxygens (including phenoxy) is 2. The zero-order valence-corrected chi connectivity index (χ0v) is 7.22. The Morgan fingerprint density at radius 2 is 2.00 bits per heavy atom. The third-order valence-electron chi connectivity index (χ3n) is 1.40. The average molecular weight is 188 g/mol. The van der Waals surface area contributed by atoms with E-state index in [9.17, 15) is 8.78 Å². The van der Waals surface area contributed by atoms with Crippen LogP contribution in [-0.2, 0) is 4.74 Å². The van der Waals surface area contributed by atoms with Gasteiger partial charge in [-0.2, -0.15) is 0 Å². The molecule has 0 atom stereocenters. The van der Waals surface area contributed by atoms with Crippen LogP contribution in [0.2, 0.25) is 0 Å². The Labute approximate surface area is 75.1 Å². The first-order valence-corrected chi connectivity index (χ1v) is 3.89. The van der Waals surface area contributed by atoms with Gasteiger partial charge >= 0.3 is 0 Å². The zero-order chi connectivity index (χ0) is 9.68. The van der Waals surface area contributed by atoms with E-state index in [0.29, 0.717) is 6.61 Å². The topological polar surface area (TPSA) is 18.5 Å². The van der Waals surface area contributed by atoms with Crippen LogP contribution in [0.25, 0.3) is 0 Å². The molecule has 2 nitrogen and oxygen atoms in total. The SMILES string of the molecule is CCOCOc1ccc(F)c(F)c1. The fourth-order valence-electron chi connectivity index (χ4n) is 0.760. The smallest absolute Gasteiger partial charge is 0.189 e. The zero-order valence-electron chi connectivity index (χ0n) is 7.22. The third kappa shape index (κ3) is 2.99. The van der Waals surface area contributed by atoms with Gasteiger partial charge in [0.15, 0.2) is 18.4 Å². The molecule has 0 spiro atoms. The van der Waals surface area contributed by atoms with Crippen molar-refractivity contribution in [3.8, 4) is 5.75 Å². The number of rotatable bonds is 4. The Hall–Kier alpha value is -1.16. The van der Waals surface area contributed by atoms with E-state index < -0.39 is 11.6 Å². The van der Waals surface area contributed by atoms with Crippen molar-refractivity contribution in [3.63, 3.8) is 0 Å². The molecule has 0 bridgehead atoms. The number of halogens is 2. The molecule has 0 fully saturated rings. The van der Waals surface area contributed by atoms with E-state index in [2.05, 4.69) is 0 Å². The highest BCUT2D eigenvalue weighted by atomic mass is 19.2. The van der Waals surface area contributed by atoms with Crippen molar-refractivity contribution < 1.29 is 18.3 Å². The van der Waals surface area contributed by atoms with E-state index in [1.165, 1.54) is 6.07 Å². The molecule has 13 heavy (non-hydrogen) atoms. The standard InChI is InChI=1S/C9H10F2O2/c1-2-12-6-13-7-3-4-8(10)9(11)5-7/h3-5H,2,6H2,1H3. The molecular formula is C9H10F2O2. The van der Waals surface area contributed by atoms with Crippen molar-refractivity contribution in [1.82, 2.24) is 0 Å². The Morgan fingerprint density at radius 1 is 1.23 bits per heavy atom. The minimum atomic E-state index is -0.922. The van der Waals surface area contributed by atoms with Crippen molar-refractivity contribution >= 4 is 0 Å².